The van der Waals surface area contributed by atoms with Crippen molar-refractivity contribution in [2.24, 2.45) is 0 Å². The second-order valence-corrected chi connectivity index (χ2v) is 8.12. The van der Waals surface area contributed by atoms with Gasteiger partial charge in [0, 0.05) is 12.6 Å². The summed E-state index contributed by atoms with van der Waals surface area (Å²) < 4.78 is 16.5. The Morgan fingerprint density at radius 3 is 2.18 bits per heavy atom. The van der Waals surface area contributed by atoms with Crippen molar-refractivity contribution in [3.8, 4) is 11.5 Å². The Morgan fingerprint density at radius 1 is 1.04 bits per heavy atom. The van der Waals surface area contributed by atoms with Crippen LogP contribution in [0.1, 0.15) is 64.5 Å². The SMILES string of the molecule is COc1cc(CC(C)NC(=O)OC(C)(C)C)c(OC)cc1CCCCCCO. The summed E-state index contributed by atoms with van der Waals surface area (Å²) in [6.45, 7) is 7.71. The van der Waals surface area contributed by atoms with Crippen LogP contribution in [0, 0.1) is 0 Å². The average molecular weight is 396 g/mol. The minimum absolute atomic E-state index is 0.113. The first-order chi connectivity index (χ1) is 13.2. The average Bonchev–Trinajstić information content (AvgIpc) is 2.60. The highest BCUT2D eigenvalue weighted by atomic mass is 16.6. The van der Waals surface area contributed by atoms with E-state index in [1.807, 2.05) is 39.8 Å². The van der Waals surface area contributed by atoms with Crippen LogP contribution in [0.2, 0.25) is 0 Å². The third-order valence-electron chi connectivity index (χ3n) is 4.33. The molecule has 1 rings (SSSR count). The number of unbranched alkanes of at least 4 members (excludes halogenated alkanes) is 3. The standard InChI is InChI=1S/C22H37NO5/c1-16(23-21(25)28-22(2,3)4)13-18-15-19(26-5)17(14-20(18)27-6)11-9-7-8-10-12-24/h14-16,24H,7-13H2,1-6H3,(H,23,25). The van der Waals surface area contributed by atoms with E-state index in [4.69, 9.17) is 19.3 Å². The lowest BCUT2D eigenvalue weighted by molar-refractivity contribution is 0.0508. The van der Waals surface area contributed by atoms with Crippen LogP contribution in [0.15, 0.2) is 12.1 Å². The van der Waals surface area contributed by atoms with E-state index in [0.29, 0.717) is 6.42 Å². The predicted molar refractivity (Wildman–Crippen MR) is 111 cm³/mol. The Hall–Kier alpha value is -1.95. The molecule has 6 nitrogen and oxygen atoms in total. The van der Waals surface area contributed by atoms with Gasteiger partial charge >= 0.3 is 6.09 Å². The zero-order chi connectivity index (χ0) is 21.2. The Bertz CT molecular complexity index is 610. The largest absolute Gasteiger partial charge is 0.496 e. The number of hydrogen-bond donors (Lipinski definition) is 2. The zero-order valence-electron chi connectivity index (χ0n) is 18.3. The highest BCUT2D eigenvalue weighted by Crippen LogP contribution is 2.31. The molecule has 0 aliphatic carbocycles. The van der Waals surface area contributed by atoms with Crippen LogP contribution in [0.3, 0.4) is 0 Å². The molecule has 1 aromatic rings. The van der Waals surface area contributed by atoms with E-state index in [1.165, 1.54) is 0 Å². The number of amides is 1. The quantitative estimate of drug-likeness (QED) is 0.548. The lowest BCUT2D eigenvalue weighted by atomic mass is 9.99. The zero-order valence-corrected chi connectivity index (χ0v) is 18.3. The molecule has 1 aromatic carbocycles. The van der Waals surface area contributed by atoms with Crippen molar-refractivity contribution in [3.63, 3.8) is 0 Å². The predicted octanol–water partition coefficient (Wildman–Crippen LogP) is 4.25. The molecule has 0 aromatic heterocycles. The highest BCUT2D eigenvalue weighted by molar-refractivity contribution is 5.68. The van der Waals surface area contributed by atoms with Gasteiger partial charge in [0.25, 0.3) is 0 Å². The fourth-order valence-electron chi connectivity index (χ4n) is 3.05. The summed E-state index contributed by atoms with van der Waals surface area (Å²) in [6, 6.07) is 3.91. The summed E-state index contributed by atoms with van der Waals surface area (Å²) in [5, 5.41) is 11.7. The molecule has 1 atom stereocenters. The van der Waals surface area contributed by atoms with Gasteiger partial charge in [-0.25, -0.2) is 4.79 Å². The fourth-order valence-corrected chi connectivity index (χ4v) is 3.05. The molecule has 160 valence electrons. The second-order valence-electron chi connectivity index (χ2n) is 8.12. The molecule has 0 heterocycles. The van der Waals surface area contributed by atoms with E-state index in [9.17, 15) is 4.79 Å². The number of aliphatic hydroxyl groups is 1. The fraction of sp³-hybridized carbons (Fsp3) is 0.682. The molecule has 0 saturated heterocycles. The molecule has 0 spiro atoms. The van der Waals surface area contributed by atoms with Gasteiger partial charge in [-0.3, -0.25) is 0 Å². The van der Waals surface area contributed by atoms with Gasteiger partial charge in [0.2, 0.25) is 0 Å². The molecule has 1 amide bonds. The third kappa shape index (κ3) is 8.83. The van der Waals surface area contributed by atoms with Gasteiger partial charge in [0.1, 0.15) is 17.1 Å². The van der Waals surface area contributed by atoms with Crippen LogP contribution in [0.4, 0.5) is 4.79 Å². The molecule has 2 N–H and O–H groups in total. The van der Waals surface area contributed by atoms with E-state index in [0.717, 1.165) is 54.7 Å². The number of carbonyl (C=O) groups is 1. The van der Waals surface area contributed by atoms with Gasteiger partial charge in [-0.05, 0) is 76.6 Å². The van der Waals surface area contributed by atoms with Gasteiger partial charge in [0.15, 0.2) is 0 Å². The molecule has 0 fully saturated rings. The van der Waals surface area contributed by atoms with E-state index in [1.54, 1.807) is 14.2 Å². The maximum atomic E-state index is 12.0. The van der Waals surface area contributed by atoms with Crippen molar-refractivity contribution in [1.82, 2.24) is 5.32 Å². The number of aryl methyl sites for hydroxylation is 1. The van der Waals surface area contributed by atoms with Gasteiger partial charge in [-0.15, -0.1) is 0 Å². The first kappa shape index (κ1) is 24.1. The minimum Gasteiger partial charge on any atom is -0.496 e. The molecule has 1 unspecified atom stereocenters. The van der Waals surface area contributed by atoms with Crippen LogP contribution >= 0.6 is 0 Å². The molecule has 0 aliphatic heterocycles. The Morgan fingerprint density at radius 2 is 1.61 bits per heavy atom. The number of nitrogens with one attached hydrogen (secondary N) is 1. The first-order valence-corrected chi connectivity index (χ1v) is 10.0. The molecule has 0 radical (unpaired) electrons. The first-order valence-electron chi connectivity index (χ1n) is 10.0. The van der Waals surface area contributed by atoms with Crippen molar-refractivity contribution in [3.05, 3.63) is 23.3 Å². The lowest BCUT2D eigenvalue weighted by Crippen LogP contribution is -2.38. The normalized spacial score (nSPS) is 12.4. The van der Waals surface area contributed by atoms with Crippen molar-refractivity contribution in [2.45, 2.75) is 77.9 Å². The molecule has 6 heteroatoms. The summed E-state index contributed by atoms with van der Waals surface area (Å²) in [5.74, 6) is 1.63. The second kappa shape index (κ2) is 11.8. The summed E-state index contributed by atoms with van der Waals surface area (Å²) in [5.41, 5.74) is 1.57. The molecular formula is C22H37NO5. The topological polar surface area (TPSA) is 77.0 Å². The van der Waals surface area contributed by atoms with Crippen LogP contribution < -0.4 is 14.8 Å². The molecule has 28 heavy (non-hydrogen) atoms. The van der Waals surface area contributed by atoms with E-state index in [-0.39, 0.29) is 12.6 Å². The van der Waals surface area contributed by atoms with Crippen LogP contribution in [-0.4, -0.2) is 43.7 Å². The Kier molecular flexibility index (Phi) is 10.1. The number of alkyl carbamates (subject to hydrolysis) is 1. The van der Waals surface area contributed by atoms with Gasteiger partial charge in [0.05, 0.1) is 14.2 Å². The number of hydrogen-bond acceptors (Lipinski definition) is 5. The van der Waals surface area contributed by atoms with Crippen molar-refractivity contribution >= 4 is 6.09 Å². The minimum atomic E-state index is -0.524. The van der Waals surface area contributed by atoms with Crippen molar-refractivity contribution < 1.29 is 24.1 Å². The Balaban J connectivity index is 2.79. The van der Waals surface area contributed by atoms with Crippen LogP contribution in [0.5, 0.6) is 11.5 Å². The van der Waals surface area contributed by atoms with Crippen LogP contribution in [-0.2, 0) is 17.6 Å². The number of ether oxygens (including phenoxy) is 3. The molecule has 0 saturated carbocycles. The summed E-state index contributed by atoms with van der Waals surface area (Å²) in [6.07, 6.45) is 5.07. The summed E-state index contributed by atoms with van der Waals surface area (Å²) in [7, 11) is 3.32. The lowest BCUT2D eigenvalue weighted by Gasteiger charge is -2.22. The van der Waals surface area contributed by atoms with Gasteiger partial charge in [-0.2, -0.15) is 0 Å². The third-order valence-corrected chi connectivity index (χ3v) is 4.33. The number of rotatable bonds is 11. The smallest absolute Gasteiger partial charge is 0.407 e. The maximum Gasteiger partial charge on any atom is 0.407 e. The number of aliphatic hydroxyl groups excluding tert-OH is 1. The number of carbonyl (C=O) groups excluding carboxylic acids is 1. The molecule has 0 bridgehead atoms. The maximum absolute atomic E-state index is 12.0. The van der Waals surface area contributed by atoms with Gasteiger partial charge < -0.3 is 24.6 Å². The summed E-state index contributed by atoms with van der Waals surface area (Å²) in [4.78, 5) is 12.0. The van der Waals surface area contributed by atoms with E-state index in [2.05, 4.69) is 5.32 Å². The Labute approximate surface area is 169 Å². The van der Waals surface area contributed by atoms with E-state index >= 15 is 0 Å². The van der Waals surface area contributed by atoms with Crippen molar-refractivity contribution in [1.29, 1.82) is 0 Å². The molecule has 0 aliphatic rings. The van der Waals surface area contributed by atoms with E-state index < -0.39 is 11.7 Å². The number of methoxy groups -OCH3 is 2. The summed E-state index contributed by atoms with van der Waals surface area (Å²) >= 11 is 0. The monoisotopic (exact) mass is 395 g/mol. The highest BCUT2D eigenvalue weighted by Gasteiger charge is 2.19. The van der Waals surface area contributed by atoms with Crippen LogP contribution in [0.25, 0.3) is 0 Å². The van der Waals surface area contributed by atoms with Gasteiger partial charge in [-0.1, -0.05) is 12.8 Å². The van der Waals surface area contributed by atoms with Crippen molar-refractivity contribution in [2.75, 3.05) is 20.8 Å². The molecular weight excluding hydrogens is 358 g/mol. The number of benzene rings is 1.